The van der Waals surface area contributed by atoms with E-state index in [9.17, 15) is 10.2 Å². The molecule has 3 heterocycles. The fourth-order valence-corrected chi connectivity index (χ4v) is 5.18. The Morgan fingerprint density at radius 1 is 1.15 bits per heavy atom. The monoisotopic (exact) mass is 389 g/mol. The Morgan fingerprint density at radius 3 is 2.48 bits per heavy atom. The number of aliphatic hydroxyl groups is 1. The van der Waals surface area contributed by atoms with Crippen LogP contribution in [0.25, 0.3) is 4.96 Å². The van der Waals surface area contributed by atoms with Gasteiger partial charge in [-0.3, -0.25) is 0 Å². The van der Waals surface area contributed by atoms with Crippen LogP contribution in [-0.4, -0.2) is 64.1 Å². The molecule has 1 aliphatic heterocycles. The molecular formula is C19H27N5O2S+2. The average Bonchev–Trinajstić information content (AvgIpc) is 3.16. The van der Waals surface area contributed by atoms with Crippen molar-refractivity contribution >= 4 is 16.3 Å². The first-order valence-corrected chi connectivity index (χ1v) is 10.3. The third kappa shape index (κ3) is 3.58. The molecule has 4 N–H and O–H groups in total. The van der Waals surface area contributed by atoms with Gasteiger partial charge in [0.2, 0.25) is 10.8 Å². The number of rotatable bonds is 5. The van der Waals surface area contributed by atoms with Crippen molar-refractivity contribution in [1.29, 1.82) is 0 Å². The summed E-state index contributed by atoms with van der Waals surface area (Å²) in [5.74, 6) is 0.877. The molecule has 0 unspecified atom stereocenters. The van der Waals surface area contributed by atoms with Gasteiger partial charge in [0, 0.05) is 5.56 Å². The lowest BCUT2D eigenvalue weighted by molar-refractivity contribution is -1.02. The molecular weight excluding hydrogens is 362 g/mol. The van der Waals surface area contributed by atoms with Crippen LogP contribution in [0.5, 0.6) is 5.88 Å². The highest BCUT2D eigenvalue weighted by Crippen LogP contribution is 2.35. The van der Waals surface area contributed by atoms with Crippen molar-refractivity contribution in [2.75, 3.05) is 39.3 Å². The van der Waals surface area contributed by atoms with E-state index < -0.39 is 0 Å². The minimum Gasteiger partial charge on any atom is -0.492 e. The topological polar surface area (TPSA) is 79.5 Å². The van der Waals surface area contributed by atoms with Crippen LogP contribution in [0.3, 0.4) is 0 Å². The number of quaternary nitrogens is 2. The molecule has 0 bridgehead atoms. The summed E-state index contributed by atoms with van der Waals surface area (Å²) >= 11 is 1.53. The van der Waals surface area contributed by atoms with E-state index in [0.717, 1.165) is 42.6 Å². The largest absolute Gasteiger partial charge is 0.492 e. The zero-order valence-electron chi connectivity index (χ0n) is 15.8. The Kier molecular flexibility index (Phi) is 5.14. The van der Waals surface area contributed by atoms with Crippen molar-refractivity contribution in [3.63, 3.8) is 0 Å². The van der Waals surface area contributed by atoms with Crippen LogP contribution < -0.4 is 9.80 Å². The van der Waals surface area contributed by atoms with Crippen molar-refractivity contribution in [1.82, 2.24) is 14.6 Å². The highest BCUT2D eigenvalue weighted by atomic mass is 32.1. The Labute approximate surface area is 162 Å². The lowest BCUT2D eigenvalue weighted by Gasteiger charge is -2.34. The van der Waals surface area contributed by atoms with Crippen LogP contribution in [0, 0.1) is 13.8 Å². The lowest BCUT2D eigenvalue weighted by Crippen LogP contribution is -3.28. The molecule has 0 saturated carbocycles. The number of hydrogen-bond acceptors (Lipinski definition) is 5. The normalized spacial score (nSPS) is 21.6. The number of benzene rings is 1. The van der Waals surface area contributed by atoms with Gasteiger partial charge in [0.15, 0.2) is 6.04 Å². The minimum atomic E-state index is 0.0649. The summed E-state index contributed by atoms with van der Waals surface area (Å²) in [6.07, 6.45) is 0. The number of aromatic nitrogens is 3. The number of nitrogens with zero attached hydrogens (tertiary/aromatic N) is 3. The average molecular weight is 390 g/mol. The van der Waals surface area contributed by atoms with Crippen LogP contribution in [0.4, 0.5) is 0 Å². The van der Waals surface area contributed by atoms with E-state index in [1.54, 1.807) is 4.52 Å². The van der Waals surface area contributed by atoms with Crippen molar-refractivity contribution in [3.8, 4) is 5.88 Å². The molecule has 1 aromatic carbocycles. The molecule has 0 spiro atoms. The Morgan fingerprint density at radius 2 is 1.85 bits per heavy atom. The lowest BCUT2D eigenvalue weighted by atomic mass is 10.0. The second kappa shape index (κ2) is 7.55. The Bertz CT molecular complexity index is 912. The molecule has 7 nitrogen and oxygen atoms in total. The van der Waals surface area contributed by atoms with Crippen molar-refractivity contribution in [2.45, 2.75) is 19.9 Å². The van der Waals surface area contributed by atoms with Crippen LogP contribution in [0.15, 0.2) is 24.3 Å². The molecule has 0 radical (unpaired) electrons. The van der Waals surface area contributed by atoms with Crippen LogP contribution in [0.1, 0.15) is 27.9 Å². The molecule has 27 heavy (non-hydrogen) atoms. The van der Waals surface area contributed by atoms with E-state index in [-0.39, 0.29) is 18.5 Å². The number of aromatic hydroxyl groups is 1. The minimum absolute atomic E-state index is 0.0649. The quantitative estimate of drug-likeness (QED) is 0.450. The van der Waals surface area contributed by atoms with Gasteiger partial charge in [-0.05, 0) is 13.8 Å². The maximum absolute atomic E-state index is 10.9. The van der Waals surface area contributed by atoms with Crippen molar-refractivity contribution in [3.05, 3.63) is 46.1 Å². The van der Waals surface area contributed by atoms with E-state index >= 15 is 0 Å². The summed E-state index contributed by atoms with van der Waals surface area (Å²) < 4.78 is 1.56. The van der Waals surface area contributed by atoms with Crippen LogP contribution in [0.2, 0.25) is 0 Å². The van der Waals surface area contributed by atoms with E-state index in [4.69, 9.17) is 0 Å². The molecule has 2 aromatic heterocycles. The molecule has 1 atom stereocenters. The third-order valence-electron chi connectivity index (χ3n) is 5.45. The smallest absolute Gasteiger partial charge is 0.235 e. The van der Waals surface area contributed by atoms with Gasteiger partial charge < -0.3 is 20.0 Å². The summed E-state index contributed by atoms with van der Waals surface area (Å²) in [4.78, 5) is 8.99. The summed E-state index contributed by atoms with van der Waals surface area (Å²) in [6, 6.07) is 8.66. The molecule has 3 aromatic rings. The maximum atomic E-state index is 10.9. The van der Waals surface area contributed by atoms with Crippen LogP contribution in [-0.2, 0) is 0 Å². The van der Waals surface area contributed by atoms with Gasteiger partial charge in [-0.1, -0.05) is 41.2 Å². The second-order valence-electron chi connectivity index (χ2n) is 7.37. The number of nitrogens with one attached hydrogen (secondary N) is 2. The fourth-order valence-electron chi connectivity index (χ4n) is 3.99. The fraction of sp³-hybridized carbons (Fsp3) is 0.474. The van der Waals surface area contributed by atoms with Gasteiger partial charge >= 0.3 is 0 Å². The van der Waals surface area contributed by atoms with Gasteiger partial charge in [0.1, 0.15) is 43.4 Å². The molecule has 0 aliphatic carbocycles. The van der Waals surface area contributed by atoms with Crippen molar-refractivity contribution in [2.24, 2.45) is 0 Å². The molecule has 8 heteroatoms. The zero-order valence-corrected chi connectivity index (χ0v) is 16.6. The molecule has 0 amide bonds. The number of fused-ring (bicyclic) bond motifs is 1. The van der Waals surface area contributed by atoms with Crippen molar-refractivity contribution < 1.29 is 20.0 Å². The van der Waals surface area contributed by atoms with Gasteiger partial charge in [-0.2, -0.15) is 4.52 Å². The van der Waals surface area contributed by atoms with E-state index in [0.29, 0.717) is 5.82 Å². The first kappa shape index (κ1) is 18.4. The maximum Gasteiger partial charge on any atom is 0.235 e. The van der Waals surface area contributed by atoms with E-state index in [1.165, 1.54) is 32.3 Å². The number of piperazine rings is 1. The molecule has 4 rings (SSSR count). The SMILES string of the molecule is Cc1ccc([C@@H](c2sc3nc(C)nn3c2O)[NH+]2CC[NH+](CCO)CC2)cc1. The predicted octanol–water partition coefficient (Wildman–Crippen LogP) is -1.02. The molecule has 1 fully saturated rings. The highest BCUT2D eigenvalue weighted by molar-refractivity contribution is 7.17. The first-order chi connectivity index (χ1) is 13.1. The Hall–Kier alpha value is -2.00. The summed E-state index contributed by atoms with van der Waals surface area (Å²) in [6.45, 7) is 9.03. The van der Waals surface area contributed by atoms with Gasteiger partial charge in [0.05, 0.1) is 6.61 Å². The first-order valence-electron chi connectivity index (χ1n) is 9.47. The van der Waals surface area contributed by atoms with Gasteiger partial charge in [-0.25, -0.2) is 4.98 Å². The summed E-state index contributed by atoms with van der Waals surface area (Å²) in [5.41, 5.74) is 2.44. The number of thiazole rings is 1. The number of aryl methyl sites for hydroxylation is 2. The predicted molar refractivity (Wildman–Crippen MR) is 104 cm³/mol. The summed E-state index contributed by atoms with van der Waals surface area (Å²) in [7, 11) is 0. The third-order valence-corrected chi connectivity index (χ3v) is 6.54. The van der Waals surface area contributed by atoms with Crippen LogP contribution >= 0.6 is 11.3 Å². The summed E-state index contributed by atoms with van der Waals surface area (Å²) in [5, 5.41) is 24.4. The van der Waals surface area contributed by atoms with Gasteiger partial charge in [0.25, 0.3) is 0 Å². The Balaban J connectivity index is 1.70. The van der Waals surface area contributed by atoms with E-state index in [1.807, 2.05) is 6.92 Å². The standard InChI is InChI=1S/C19H25N5O2S/c1-13-3-5-15(6-4-13)16(23-9-7-22(8-10-23)11-12-25)17-18(26)24-19(27-17)20-14(2)21-24/h3-6,16,25-26H,7-12H2,1-2H3/p+2/t16-/m0/s1. The molecule has 1 aliphatic rings. The number of hydrogen-bond donors (Lipinski definition) is 4. The highest BCUT2D eigenvalue weighted by Gasteiger charge is 2.35. The molecule has 1 saturated heterocycles. The second-order valence-corrected chi connectivity index (χ2v) is 8.38. The van der Waals surface area contributed by atoms with Gasteiger partial charge in [-0.15, -0.1) is 5.10 Å². The van der Waals surface area contributed by atoms with E-state index in [2.05, 4.69) is 41.3 Å². The number of aliphatic hydroxyl groups excluding tert-OH is 1. The zero-order chi connectivity index (χ0) is 19.0. The molecule has 144 valence electrons.